The number of ether oxygens (including phenoxy) is 1. The van der Waals surface area contributed by atoms with Crippen LogP contribution < -0.4 is 10.1 Å². The van der Waals surface area contributed by atoms with E-state index in [0.29, 0.717) is 0 Å². The van der Waals surface area contributed by atoms with Gasteiger partial charge in [0.15, 0.2) is 15.6 Å². The van der Waals surface area contributed by atoms with Crippen LogP contribution in [0.1, 0.15) is 20.3 Å². The van der Waals surface area contributed by atoms with Crippen LogP contribution >= 0.6 is 0 Å². The third-order valence-corrected chi connectivity index (χ3v) is 9.01. The van der Waals surface area contributed by atoms with E-state index in [0.717, 1.165) is 0 Å². The number of amides is 1. The predicted octanol–water partition coefficient (Wildman–Crippen LogP) is 3.02. The monoisotopic (exact) mass is 484 g/mol. The minimum atomic E-state index is -3.81. The first kappa shape index (κ1) is 24.1. The largest absolute Gasteiger partial charge is 0.455 e. The Hall–Kier alpha value is -2.50. The molecule has 2 aromatic rings. The molecule has 0 spiro atoms. The molecule has 1 aliphatic rings. The van der Waals surface area contributed by atoms with Crippen LogP contribution in [0.25, 0.3) is 0 Å². The lowest BCUT2D eigenvalue weighted by Crippen LogP contribution is -2.30. The van der Waals surface area contributed by atoms with Gasteiger partial charge in [0, 0.05) is 13.1 Å². The Balaban J connectivity index is 1.97. The second-order valence-corrected chi connectivity index (χ2v) is 11.6. The normalized spacial score (nSPS) is 17.9. The summed E-state index contributed by atoms with van der Waals surface area (Å²) < 4.78 is 69.6. The molecule has 32 heavy (non-hydrogen) atoms. The van der Waals surface area contributed by atoms with Crippen LogP contribution in [-0.2, 0) is 24.7 Å². The summed E-state index contributed by atoms with van der Waals surface area (Å²) in [6.45, 7) is 3.98. The fraction of sp³-hybridized carbons (Fsp3) is 0.381. The molecule has 3 rings (SSSR count). The molecule has 0 bridgehead atoms. The summed E-state index contributed by atoms with van der Waals surface area (Å²) in [6.07, 6.45) is 0.194. The number of hydrogen-bond donors (Lipinski definition) is 1. The summed E-state index contributed by atoms with van der Waals surface area (Å²) in [6, 6.07) is 9.25. The maximum Gasteiger partial charge on any atom is 0.243 e. The highest BCUT2D eigenvalue weighted by Gasteiger charge is 2.33. The van der Waals surface area contributed by atoms with Gasteiger partial charge >= 0.3 is 0 Å². The van der Waals surface area contributed by atoms with Crippen LogP contribution in [0, 0.1) is 11.7 Å². The molecular formula is C21H25FN2O6S2. The van der Waals surface area contributed by atoms with Gasteiger partial charge in [-0.2, -0.15) is 4.31 Å². The summed E-state index contributed by atoms with van der Waals surface area (Å²) in [7, 11) is -7.09. The maximum absolute atomic E-state index is 13.2. The van der Waals surface area contributed by atoms with Gasteiger partial charge < -0.3 is 10.1 Å². The molecule has 1 N–H and O–H groups in total. The number of nitrogens with one attached hydrogen (secondary N) is 1. The number of carbonyl (C=O) groups excluding carboxylic acids is 1. The SMILES string of the molecule is CCN(CC)S(=O)(=O)c1ccc(Oc2ccc(F)cc2)c(NC(=O)C2CCS(=O)(=O)C2)c1. The molecule has 1 saturated heterocycles. The Labute approximate surface area is 187 Å². The van der Waals surface area contributed by atoms with Gasteiger partial charge in [-0.1, -0.05) is 13.8 Å². The molecule has 0 aliphatic carbocycles. The highest BCUT2D eigenvalue weighted by Crippen LogP contribution is 2.34. The van der Waals surface area contributed by atoms with Crippen molar-refractivity contribution in [3.8, 4) is 11.5 Å². The quantitative estimate of drug-likeness (QED) is 0.617. The first-order chi connectivity index (χ1) is 15.1. The fourth-order valence-corrected chi connectivity index (χ4v) is 6.66. The van der Waals surface area contributed by atoms with Crippen LogP contribution in [-0.4, -0.2) is 51.6 Å². The van der Waals surface area contributed by atoms with Crippen molar-refractivity contribution in [3.05, 3.63) is 48.3 Å². The smallest absolute Gasteiger partial charge is 0.243 e. The predicted molar refractivity (Wildman–Crippen MR) is 118 cm³/mol. The van der Waals surface area contributed by atoms with Crippen LogP contribution in [0.5, 0.6) is 11.5 Å². The molecule has 1 aliphatic heterocycles. The molecule has 8 nitrogen and oxygen atoms in total. The van der Waals surface area contributed by atoms with Crippen molar-refractivity contribution < 1.29 is 30.8 Å². The topological polar surface area (TPSA) is 110 Å². The number of carbonyl (C=O) groups is 1. The second kappa shape index (κ2) is 9.55. The molecule has 1 unspecified atom stereocenters. The van der Waals surface area contributed by atoms with Crippen molar-refractivity contribution in [2.45, 2.75) is 25.2 Å². The summed E-state index contributed by atoms with van der Waals surface area (Å²) >= 11 is 0. The number of sulfone groups is 1. The van der Waals surface area contributed by atoms with Crippen molar-refractivity contribution in [2.24, 2.45) is 5.92 Å². The van der Waals surface area contributed by atoms with Gasteiger partial charge in [-0.05, 0) is 48.9 Å². The number of sulfonamides is 1. The molecule has 0 radical (unpaired) electrons. The van der Waals surface area contributed by atoms with Gasteiger partial charge in [0.1, 0.15) is 11.6 Å². The standard InChI is InChI=1S/C21H25FN2O6S2/c1-3-24(4-2)32(28,29)18-9-10-20(30-17-7-5-16(22)6-8-17)19(13-18)23-21(25)15-11-12-31(26,27)14-15/h5-10,13,15H,3-4,11-12,14H2,1-2H3,(H,23,25). The molecule has 1 fully saturated rings. The zero-order valence-corrected chi connectivity index (χ0v) is 19.4. The van der Waals surface area contributed by atoms with Gasteiger partial charge in [0.2, 0.25) is 15.9 Å². The fourth-order valence-electron chi connectivity index (χ4n) is 3.44. The maximum atomic E-state index is 13.2. The first-order valence-corrected chi connectivity index (χ1v) is 13.4. The number of halogens is 1. The average molecular weight is 485 g/mol. The van der Waals surface area contributed by atoms with Crippen LogP contribution in [0.3, 0.4) is 0 Å². The molecule has 1 amide bonds. The van der Waals surface area contributed by atoms with E-state index in [4.69, 9.17) is 4.74 Å². The van der Waals surface area contributed by atoms with E-state index in [1.807, 2.05) is 0 Å². The number of nitrogens with zero attached hydrogens (tertiary/aromatic N) is 1. The van der Waals surface area contributed by atoms with E-state index < -0.39 is 37.5 Å². The molecule has 1 atom stereocenters. The zero-order chi connectivity index (χ0) is 23.5. The summed E-state index contributed by atoms with van der Waals surface area (Å²) in [5, 5.41) is 2.62. The Kier molecular flexibility index (Phi) is 7.21. The lowest BCUT2D eigenvalue weighted by Gasteiger charge is -2.20. The van der Waals surface area contributed by atoms with E-state index in [2.05, 4.69) is 5.32 Å². The summed E-state index contributed by atoms with van der Waals surface area (Å²) in [5.74, 6) is -1.62. The molecule has 0 aromatic heterocycles. The van der Waals surface area contributed by atoms with Gasteiger partial charge in [0.05, 0.1) is 28.0 Å². The van der Waals surface area contributed by atoms with Crippen LogP contribution in [0.4, 0.5) is 10.1 Å². The van der Waals surface area contributed by atoms with Crippen molar-refractivity contribution in [3.63, 3.8) is 0 Å². The van der Waals surface area contributed by atoms with Gasteiger partial charge in [0.25, 0.3) is 0 Å². The minimum absolute atomic E-state index is 0.0398. The first-order valence-electron chi connectivity index (χ1n) is 10.1. The molecule has 1 heterocycles. The molecule has 11 heteroatoms. The van der Waals surface area contributed by atoms with E-state index >= 15 is 0 Å². The lowest BCUT2D eigenvalue weighted by atomic mass is 10.1. The summed E-state index contributed by atoms with van der Waals surface area (Å²) in [4.78, 5) is 12.7. The Morgan fingerprint density at radius 1 is 1.16 bits per heavy atom. The molecule has 2 aromatic carbocycles. The number of benzene rings is 2. The summed E-state index contributed by atoms with van der Waals surface area (Å²) in [5.41, 5.74) is 0.0804. The highest BCUT2D eigenvalue weighted by molar-refractivity contribution is 7.91. The van der Waals surface area contributed by atoms with Gasteiger partial charge in [-0.25, -0.2) is 21.2 Å². The number of hydrogen-bond acceptors (Lipinski definition) is 6. The average Bonchev–Trinajstić information content (AvgIpc) is 3.11. The number of rotatable bonds is 8. The van der Waals surface area contributed by atoms with E-state index in [1.165, 1.54) is 46.8 Å². The van der Waals surface area contributed by atoms with E-state index in [9.17, 15) is 26.0 Å². The third kappa shape index (κ3) is 5.45. The molecular weight excluding hydrogens is 459 g/mol. The van der Waals surface area contributed by atoms with Crippen LogP contribution in [0.15, 0.2) is 47.4 Å². The number of anilines is 1. The highest BCUT2D eigenvalue weighted by atomic mass is 32.2. The van der Waals surface area contributed by atoms with Gasteiger partial charge in [-0.15, -0.1) is 0 Å². The third-order valence-electron chi connectivity index (χ3n) is 5.20. The van der Waals surface area contributed by atoms with Crippen LogP contribution in [0.2, 0.25) is 0 Å². The second-order valence-electron chi connectivity index (χ2n) is 7.39. The Morgan fingerprint density at radius 2 is 1.81 bits per heavy atom. The Morgan fingerprint density at radius 3 is 2.38 bits per heavy atom. The lowest BCUT2D eigenvalue weighted by molar-refractivity contribution is -0.119. The van der Waals surface area contributed by atoms with E-state index in [1.54, 1.807) is 13.8 Å². The van der Waals surface area contributed by atoms with Crippen molar-refractivity contribution in [1.29, 1.82) is 0 Å². The molecule has 0 saturated carbocycles. The minimum Gasteiger partial charge on any atom is -0.455 e. The van der Waals surface area contributed by atoms with E-state index in [-0.39, 0.29) is 53.1 Å². The van der Waals surface area contributed by atoms with Crippen molar-refractivity contribution in [2.75, 3.05) is 29.9 Å². The Bertz CT molecular complexity index is 1190. The van der Waals surface area contributed by atoms with Crippen molar-refractivity contribution in [1.82, 2.24) is 4.31 Å². The molecule has 174 valence electrons. The van der Waals surface area contributed by atoms with Gasteiger partial charge in [-0.3, -0.25) is 4.79 Å². The van der Waals surface area contributed by atoms with Crippen molar-refractivity contribution >= 4 is 31.5 Å². The zero-order valence-electron chi connectivity index (χ0n) is 17.7.